The van der Waals surface area contributed by atoms with Crippen molar-refractivity contribution in [2.75, 3.05) is 36.5 Å². The van der Waals surface area contributed by atoms with Crippen LogP contribution in [0.15, 0.2) is 30.5 Å². The van der Waals surface area contributed by atoms with Crippen LogP contribution in [0.4, 0.5) is 16.4 Å². The number of amides is 2. The first-order valence-corrected chi connectivity index (χ1v) is 10.4. The predicted molar refractivity (Wildman–Crippen MR) is 118 cm³/mol. The van der Waals surface area contributed by atoms with Crippen LogP contribution in [-0.4, -0.2) is 74.3 Å². The summed E-state index contributed by atoms with van der Waals surface area (Å²) in [5, 5.41) is 25.5. The van der Waals surface area contributed by atoms with Crippen molar-refractivity contribution in [3.63, 3.8) is 0 Å². The Morgan fingerprint density at radius 2 is 2.06 bits per heavy atom. The van der Waals surface area contributed by atoms with Crippen LogP contribution in [0.2, 0.25) is 0 Å². The first kappa shape index (κ1) is 21.3. The van der Waals surface area contributed by atoms with Gasteiger partial charge >= 0.3 is 6.09 Å². The van der Waals surface area contributed by atoms with E-state index in [-0.39, 0.29) is 11.9 Å². The number of carbonyl (C=O) groups excluding carboxylic acids is 1. The highest BCUT2D eigenvalue weighted by Gasteiger charge is 2.28. The Morgan fingerprint density at radius 3 is 2.72 bits per heavy atom. The molecule has 2 aromatic heterocycles. The number of carboxylic acid groups (broad SMARTS) is 1. The lowest BCUT2D eigenvalue weighted by Gasteiger charge is -2.38. The number of nitrogens with one attached hydrogen (secondary N) is 1. The number of aryl methyl sites for hydroxylation is 1. The molecule has 0 aliphatic carbocycles. The van der Waals surface area contributed by atoms with E-state index in [4.69, 9.17) is 4.74 Å². The summed E-state index contributed by atoms with van der Waals surface area (Å²) in [6.45, 7) is 5.58. The summed E-state index contributed by atoms with van der Waals surface area (Å²) in [6, 6.07) is 6.78. The molecule has 4 rings (SSSR count). The average molecular weight is 439 g/mol. The Morgan fingerprint density at radius 1 is 1.25 bits per heavy atom. The van der Waals surface area contributed by atoms with Crippen molar-refractivity contribution < 1.29 is 19.4 Å². The molecule has 1 fully saturated rings. The third-order valence-corrected chi connectivity index (χ3v) is 5.35. The van der Waals surface area contributed by atoms with Crippen LogP contribution in [-0.2, 0) is 7.05 Å². The number of hydrogen-bond donors (Lipinski definition) is 2. The molecule has 0 radical (unpaired) electrons. The Balaban J connectivity index is 1.48. The van der Waals surface area contributed by atoms with Gasteiger partial charge in [0.05, 0.1) is 17.7 Å². The van der Waals surface area contributed by atoms with Gasteiger partial charge < -0.3 is 25.0 Å². The second-order valence-corrected chi connectivity index (χ2v) is 7.64. The Labute approximate surface area is 184 Å². The highest BCUT2D eigenvalue weighted by molar-refractivity contribution is 6.08. The van der Waals surface area contributed by atoms with Crippen molar-refractivity contribution in [1.29, 1.82) is 0 Å². The Hall–Kier alpha value is -3.89. The fraction of sp³-hybridized carbons (Fsp3) is 0.381. The maximum absolute atomic E-state index is 12.9. The van der Waals surface area contributed by atoms with E-state index >= 15 is 0 Å². The molecule has 3 aromatic rings. The summed E-state index contributed by atoms with van der Waals surface area (Å²) in [6.07, 6.45) is 0.916. The van der Waals surface area contributed by atoms with E-state index < -0.39 is 6.09 Å². The van der Waals surface area contributed by atoms with E-state index in [1.54, 1.807) is 28.9 Å². The van der Waals surface area contributed by atoms with E-state index in [0.717, 1.165) is 10.9 Å². The summed E-state index contributed by atoms with van der Waals surface area (Å²) in [5.74, 6) is 1.03. The minimum absolute atomic E-state index is 0.151. The summed E-state index contributed by atoms with van der Waals surface area (Å²) in [4.78, 5) is 27.6. The molecule has 11 heteroatoms. The zero-order valence-electron chi connectivity index (χ0n) is 18.1. The lowest BCUT2D eigenvalue weighted by Crippen LogP contribution is -2.54. The lowest BCUT2D eigenvalue weighted by atomic mass is 10.1. The van der Waals surface area contributed by atoms with E-state index in [2.05, 4.69) is 20.6 Å². The molecule has 11 nitrogen and oxygen atoms in total. The van der Waals surface area contributed by atoms with Gasteiger partial charge in [-0.15, -0.1) is 10.2 Å². The topological polar surface area (TPSA) is 126 Å². The molecule has 0 unspecified atom stereocenters. The van der Waals surface area contributed by atoms with Gasteiger partial charge in [0.2, 0.25) is 0 Å². The van der Waals surface area contributed by atoms with Gasteiger partial charge in [-0.2, -0.15) is 5.10 Å². The number of hydrogen-bond acceptors (Lipinski definition) is 7. The molecule has 2 N–H and O–H groups in total. The zero-order chi connectivity index (χ0) is 22.8. The Bertz CT molecular complexity index is 1150. The average Bonchev–Trinajstić information content (AvgIpc) is 3.12. The number of ether oxygens (including phenoxy) is 1. The number of nitrogens with zero attached hydrogens (tertiary/aromatic N) is 6. The second-order valence-electron chi connectivity index (χ2n) is 7.64. The van der Waals surface area contributed by atoms with Crippen molar-refractivity contribution in [2.24, 2.45) is 7.05 Å². The van der Waals surface area contributed by atoms with Crippen LogP contribution in [0, 0.1) is 0 Å². The number of fused-ring (bicyclic) bond motifs is 1. The fourth-order valence-electron chi connectivity index (χ4n) is 3.82. The lowest BCUT2D eigenvalue weighted by molar-refractivity contribution is 0.102. The maximum atomic E-state index is 12.9. The molecule has 168 valence electrons. The zero-order valence-corrected chi connectivity index (χ0v) is 18.1. The minimum atomic E-state index is -0.919. The predicted octanol–water partition coefficient (Wildman–Crippen LogP) is 2.20. The van der Waals surface area contributed by atoms with Gasteiger partial charge in [0.15, 0.2) is 11.6 Å². The molecule has 1 saturated heterocycles. The highest BCUT2D eigenvalue weighted by atomic mass is 16.5. The number of rotatable bonds is 5. The monoisotopic (exact) mass is 439 g/mol. The van der Waals surface area contributed by atoms with Crippen molar-refractivity contribution in [1.82, 2.24) is 24.9 Å². The first-order valence-electron chi connectivity index (χ1n) is 10.4. The second kappa shape index (κ2) is 8.69. The molecule has 1 atom stereocenters. The van der Waals surface area contributed by atoms with Crippen LogP contribution in [0.3, 0.4) is 0 Å². The molecule has 32 heavy (non-hydrogen) atoms. The third kappa shape index (κ3) is 4.27. The van der Waals surface area contributed by atoms with Crippen LogP contribution in [0.1, 0.15) is 24.2 Å². The van der Waals surface area contributed by atoms with Gasteiger partial charge in [0.1, 0.15) is 5.75 Å². The maximum Gasteiger partial charge on any atom is 0.407 e. The van der Waals surface area contributed by atoms with Gasteiger partial charge in [-0.1, -0.05) is 0 Å². The first-order chi connectivity index (χ1) is 15.4. The fourth-order valence-corrected chi connectivity index (χ4v) is 3.82. The van der Waals surface area contributed by atoms with Gasteiger partial charge in [0.25, 0.3) is 5.91 Å². The number of piperazine rings is 1. The van der Waals surface area contributed by atoms with Gasteiger partial charge in [-0.3, -0.25) is 9.48 Å². The largest absolute Gasteiger partial charge is 0.493 e. The molecule has 0 saturated carbocycles. The van der Waals surface area contributed by atoms with Crippen LogP contribution in [0.5, 0.6) is 5.75 Å². The summed E-state index contributed by atoms with van der Waals surface area (Å²) >= 11 is 0. The summed E-state index contributed by atoms with van der Waals surface area (Å²) in [7, 11) is 1.82. The normalized spacial score (nSPS) is 16.3. The number of benzene rings is 1. The SMILES string of the molecule is CCOc1cc2nn(C)cc2cc1C(=O)Nc1ccc(N2CCN(C(=O)O)[C@H](C)C2)nn1. The molecular weight excluding hydrogens is 414 g/mol. The van der Waals surface area contributed by atoms with Crippen molar-refractivity contribution in [2.45, 2.75) is 19.9 Å². The number of carbonyl (C=O) groups is 2. The van der Waals surface area contributed by atoms with Gasteiger partial charge in [-0.05, 0) is 32.0 Å². The van der Waals surface area contributed by atoms with E-state index in [1.807, 2.05) is 32.0 Å². The van der Waals surface area contributed by atoms with E-state index in [1.165, 1.54) is 4.90 Å². The van der Waals surface area contributed by atoms with E-state index in [9.17, 15) is 14.7 Å². The standard InChI is InChI=1S/C21H25N7O4/c1-4-32-17-10-16-14(12-26(3)25-16)9-15(17)20(29)22-18-5-6-19(24-23-18)27-7-8-28(21(30)31)13(2)11-27/h5-6,9-10,12-13H,4,7-8,11H2,1-3H3,(H,30,31)(H,22,23,29)/t13-/m1/s1. The molecule has 3 heterocycles. The van der Waals surface area contributed by atoms with Crippen LogP contribution in [0.25, 0.3) is 10.9 Å². The number of anilines is 2. The van der Waals surface area contributed by atoms with Crippen molar-refractivity contribution >= 4 is 34.5 Å². The quantitative estimate of drug-likeness (QED) is 0.620. The molecule has 0 bridgehead atoms. The number of aromatic nitrogens is 4. The van der Waals surface area contributed by atoms with Gasteiger partial charge in [-0.25, -0.2) is 4.79 Å². The molecule has 2 amide bonds. The van der Waals surface area contributed by atoms with Crippen molar-refractivity contribution in [3.8, 4) is 5.75 Å². The summed E-state index contributed by atoms with van der Waals surface area (Å²) < 4.78 is 7.33. The van der Waals surface area contributed by atoms with Gasteiger partial charge in [0, 0.05) is 50.4 Å². The highest BCUT2D eigenvalue weighted by Crippen LogP contribution is 2.26. The molecule has 1 aromatic carbocycles. The van der Waals surface area contributed by atoms with E-state index in [0.29, 0.717) is 49.2 Å². The molecule has 0 spiro atoms. The minimum Gasteiger partial charge on any atom is -0.493 e. The molecule has 1 aliphatic heterocycles. The van der Waals surface area contributed by atoms with Crippen LogP contribution >= 0.6 is 0 Å². The Kier molecular flexibility index (Phi) is 5.80. The summed E-state index contributed by atoms with van der Waals surface area (Å²) in [5.41, 5.74) is 1.13. The molecular formula is C21H25N7O4. The molecule has 1 aliphatic rings. The van der Waals surface area contributed by atoms with Crippen LogP contribution < -0.4 is 15.0 Å². The van der Waals surface area contributed by atoms with Crippen molar-refractivity contribution in [3.05, 3.63) is 36.0 Å². The smallest absolute Gasteiger partial charge is 0.407 e. The third-order valence-electron chi connectivity index (χ3n) is 5.35.